The van der Waals surface area contributed by atoms with Gasteiger partial charge in [-0.3, -0.25) is 0 Å². The van der Waals surface area contributed by atoms with Gasteiger partial charge in [0.2, 0.25) is 5.95 Å². The van der Waals surface area contributed by atoms with E-state index < -0.39 is 0 Å². The third-order valence-electron chi connectivity index (χ3n) is 2.89. The Labute approximate surface area is 114 Å². The van der Waals surface area contributed by atoms with Crippen molar-refractivity contribution in [2.75, 3.05) is 11.9 Å². The molecule has 18 heavy (non-hydrogen) atoms. The first-order valence-electron chi connectivity index (χ1n) is 5.68. The number of H-pyrrole nitrogens is 1. The second-order valence-corrected chi connectivity index (χ2v) is 5.03. The molecule has 0 aliphatic carbocycles. The van der Waals surface area contributed by atoms with E-state index in [0.717, 1.165) is 27.1 Å². The van der Waals surface area contributed by atoms with Crippen molar-refractivity contribution in [3.63, 3.8) is 0 Å². The summed E-state index contributed by atoms with van der Waals surface area (Å²) < 4.78 is 1.06. The van der Waals surface area contributed by atoms with E-state index in [1.807, 2.05) is 48.3 Å². The summed E-state index contributed by atoms with van der Waals surface area (Å²) in [6.07, 6.45) is 0. The highest BCUT2D eigenvalue weighted by Crippen LogP contribution is 2.25. The minimum absolute atomic E-state index is 0.842. The minimum atomic E-state index is 0.842. The third kappa shape index (κ3) is 1.99. The average Bonchev–Trinajstić information content (AvgIpc) is 2.81. The maximum Gasteiger partial charge on any atom is 0.208 e. The number of hydrogen-bond acceptors (Lipinski definition) is 2. The molecular weight excluding hydrogens is 290 g/mol. The van der Waals surface area contributed by atoms with Crippen LogP contribution in [0.3, 0.4) is 0 Å². The van der Waals surface area contributed by atoms with Crippen LogP contribution in [0.15, 0.2) is 53.0 Å². The van der Waals surface area contributed by atoms with Gasteiger partial charge < -0.3 is 9.88 Å². The summed E-state index contributed by atoms with van der Waals surface area (Å²) >= 11 is 3.48. The Bertz CT molecular complexity index is 657. The molecule has 0 spiro atoms. The van der Waals surface area contributed by atoms with E-state index >= 15 is 0 Å². The minimum Gasteiger partial charge on any atom is -0.324 e. The topological polar surface area (TPSA) is 31.9 Å². The summed E-state index contributed by atoms with van der Waals surface area (Å²) in [6.45, 7) is 0. The first-order chi connectivity index (χ1) is 8.74. The monoisotopic (exact) mass is 301 g/mol. The molecule has 1 heterocycles. The predicted octanol–water partition coefficient (Wildman–Crippen LogP) is 4.09. The van der Waals surface area contributed by atoms with Crippen LogP contribution in [0.5, 0.6) is 0 Å². The quantitative estimate of drug-likeness (QED) is 0.773. The zero-order valence-corrected chi connectivity index (χ0v) is 11.5. The smallest absolute Gasteiger partial charge is 0.208 e. The molecule has 0 aliphatic heterocycles. The molecule has 3 rings (SSSR count). The maximum absolute atomic E-state index is 4.57. The molecule has 4 heteroatoms. The highest BCUT2D eigenvalue weighted by atomic mass is 79.9. The lowest BCUT2D eigenvalue weighted by Crippen LogP contribution is -2.10. The molecule has 90 valence electrons. The van der Waals surface area contributed by atoms with Gasteiger partial charge in [-0.2, -0.15) is 0 Å². The van der Waals surface area contributed by atoms with Crippen LogP contribution in [0.25, 0.3) is 11.0 Å². The fraction of sp³-hybridized carbons (Fsp3) is 0.0714. The van der Waals surface area contributed by atoms with E-state index in [4.69, 9.17) is 0 Å². The van der Waals surface area contributed by atoms with Crippen molar-refractivity contribution in [3.05, 3.63) is 53.0 Å². The van der Waals surface area contributed by atoms with Crippen LogP contribution in [0, 0.1) is 0 Å². The van der Waals surface area contributed by atoms with E-state index in [1.54, 1.807) is 0 Å². The first kappa shape index (κ1) is 11.3. The van der Waals surface area contributed by atoms with Gasteiger partial charge in [0, 0.05) is 17.2 Å². The molecule has 0 amide bonds. The number of rotatable bonds is 2. The maximum atomic E-state index is 4.57. The largest absolute Gasteiger partial charge is 0.324 e. The standard InChI is InChI=1S/C14H12BrN3/c1-18(11-6-4-5-10(15)9-11)14-16-12-7-2-3-8-13(12)17-14/h2-9H,1H3,(H,16,17). The van der Waals surface area contributed by atoms with Gasteiger partial charge in [-0.1, -0.05) is 34.1 Å². The van der Waals surface area contributed by atoms with Gasteiger partial charge in [0.15, 0.2) is 0 Å². The number of imidazole rings is 1. The highest BCUT2D eigenvalue weighted by molar-refractivity contribution is 9.10. The summed E-state index contributed by atoms with van der Waals surface area (Å²) in [5.41, 5.74) is 3.12. The Hall–Kier alpha value is -1.81. The van der Waals surface area contributed by atoms with Crippen LogP contribution in [-0.4, -0.2) is 17.0 Å². The van der Waals surface area contributed by atoms with E-state index in [-0.39, 0.29) is 0 Å². The number of halogens is 1. The first-order valence-corrected chi connectivity index (χ1v) is 6.47. The number of fused-ring (bicyclic) bond motifs is 1. The van der Waals surface area contributed by atoms with Gasteiger partial charge >= 0.3 is 0 Å². The normalized spacial score (nSPS) is 10.8. The Morgan fingerprint density at radius 1 is 1.11 bits per heavy atom. The van der Waals surface area contributed by atoms with Gasteiger partial charge in [0.05, 0.1) is 11.0 Å². The molecule has 0 fully saturated rings. The molecule has 0 saturated heterocycles. The van der Waals surface area contributed by atoms with Gasteiger partial charge in [-0.05, 0) is 30.3 Å². The molecule has 1 N–H and O–H groups in total. The second-order valence-electron chi connectivity index (χ2n) is 4.12. The van der Waals surface area contributed by atoms with Crippen molar-refractivity contribution >= 4 is 38.6 Å². The molecule has 3 nitrogen and oxygen atoms in total. The molecule has 0 bridgehead atoms. The SMILES string of the molecule is CN(c1cccc(Br)c1)c1nc2ccccc2[nH]1. The van der Waals surface area contributed by atoms with E-state index in [2.05, 4.69) is 38.0 Å². The highest BCUT2D eigenvalue weighted by Gasteiger charge is 2.08. The molecule has 1 aromatic heterocycles. The Morgan fingerprint density at radius 2 is 1.94 bits per heavy atom. The number of nitrogens with one attached hydrogen (secondary N) is 1. The fourth-order valence-corrected chi connectivity index (χ4v) is 2.29. The summed E-state index contributed by atoms with van der Waals surface area (Å²) in [5.74, 6) is 0.842. The van der Waals surface area contributed by atoms with Crippen molar-refractivity contribution in [2.45, 2.75) is 0 Å². The molecule has 3 aromatic rings. The number of aromatic nitrogens is 2. The van der Waals surface area contributed by atoms with Crippen molar-refractivity contribution in [1.29, 1.82) is 0 Å². The van der Waals surface area contributed by atoms with Gasteiger partial charge in [-0.15, -0.1) is 0 Å². The molecule has 0 unspecified atom stereocenters. The van der Waals surface area contributed by atoms with Gasteiger partial charge in [0.1, 0.15) is 0 Å². The summed E-state index contributed by atoms with van der Waals surface area (Å²) in [4.78, 5) is 9.92. The number of hydrogen-bond donors (Lipinski definition) is 1. The van der Waals surface area contributed by atoms with Crippen LogP contribution in [-0.2, 0) is 0 Å². The predicted molar refractivity (Wildman–Crippen MR) is 78.3 cm³/mol. The number of anilines is 2. The van der Waals surface area contributed by atoms with E-state index in [9.17, 15) is 0 Å². The molecule has 0 atom stereocenters. The summed E-state index contributed by atoms with van der Waals surface area (Å²) in [6, 6.07) is 16.2. The zero-order valence-electron chi connectivity index (χ0n) is 9.89. The second kappa shape index (κ2) is 4.46. The lowest BCUT2D eigenvalue weighted by atomic mass is 10.3. The molecular formula is C14H12BrN3. The molecule has 0 saturated carbocycles. The van der Waals surface area contributed by atoms with Crippen LogP contribution >= 0.6 is 15.9 Å². The van der Waals surface area contributed by atoms with E-state index in [1.165, 1.54) is 0 Å². The summed E-state index contributed by atoms with van der Waals surface area (Å²) in [7, 11) is 2.00. The van der Waals surface area contributed by atoms with Crippen LogP contribution in [0.2, 0.25) is 0 Å². The Kier molecular flexibility index (Phi) is 2.80. The number of benzene rings is 2. The van der Waals surface area contributed by atoms with Crippen LogP contribution < -0.4 is 4.90 Å². The Morgan fingerprint density at radius 3 is 2.72 bits per heavy atom. The van der Waals surface area contributed by atoms with Gasteiger partial charge in [0.25, 0.3) is 0 Å². The zero-order chi connectivity index (χ0) is 12.5. The Balaban J connectivity index is 2.03. The fourth-order valence-electron chi connectivity index (χ4n) is 1.91. The summed E-state index contributed by atoms with van der Waals surface area (Å²) in [5, 5.41) is 0. The van der Waals surface area contributed by atoms with Crippen molar-refractivity contribution in [1.82, 2.24) is 9.97 Å². The van der Waals surface area contributed by atoms with Crippen LogP contribution in [0.1, 0.15) is 0 Å². The van der Waals surface area contributed by atoms with E-state index in [0.29, 0.717) is 0 Å². The van der Waals surface area contributed by atoms with Crippen LogP contribution in [0.4, 0.5) is 11.6 Å². The number of aromatic amines is 1. The average molecular weight is 302 g/mol. The lowest BCUT2D eigenvalue weighted by Gasteiger charge is -2.15. The van der Waals surface area contributed by atoms with Gasteiger partial charge in [-0.25, -0.2) is 4.98 Å². The van der Waals surface area contributed by atoms with Crippen molar-refractivity contribution in [3.8, 4) is 0 Å². The molecule has 0 aliphatic rings. The lowest BCUT2D eigenvalue weighted by molar-refractivity contribution is 1.10. The van der Waals surface area contributed by atoms with Crippen molar-refractivity contribution in [2.24, 2.45) is 0 Å². The molecule has 2 aromatic carbocycles. The van der Waals surface area contributed by atoms with Crippen molar-refractivity contribution < 1.29 is 0 Å². The third-order valence-corrected chi connectivity index (χ3v) is 3.38. The molecule has 0 radical (unpaired) electrons. The number of para-hydroxylation sites is 2. The number of nitrogens with zero attached hydrogens (tertiary/aromatic N) is 2.